The van der Waals surface area contributed by atoms with Gasteiger partial charge in [-0.15, -0.1) is 11.6 Å². The van der Waals surface area contributed by atoms with Crippen LogP contribution in [-0.4, -0.2) is 20.8 Å². The van der Waals surface area contributed by atoms with Crippen molar-refractivity contribution in [2.75, 3.05) is 0 Å². The van der Waals surface area contributed by atoms with Crippen molar-refractivity contribution in [3.05, 3.63) is 95.6 Å². The molecule has 0 aliphatic rings. The predicted molar refractivity (Wildman–Crippen MR) is 106 cm³/mol. The molecule has 0 N–H and O–H groups in total. The molecule has 3 rings (SSSR count). The molecule has 27 heavy (non-hydrogen) atoms. The molecule has 0 unspecified atom stereocenters. The van der Waals surface area contributed by atoms with Crippen molar-refractivity contribution in [1.29, 1.82) is 0 Å². The van der Waals surface area contributed by atoms with Gasteiger partial charge in [0, 0.05) is 25.0 Å². The molecular weight excluding hydrogens is 363 g/mol. The summed E-state index contributed by atoms with van der Waals surface area (Å²) in [6.45, 7) is 3.16. The van der Waals surface area contributed by atoms with Gasteiger partial charge in [0.2, 0.25) is 5.91 Å². The van der Waals surface area contributed by atoms with Gasteiger partial charge in [0.05, 0.1) is 6.54 Å². The van der Waals surface area contributed by atoms with Crippen molar-refractivity contribution in [1.82, 2.24) is 9.47 Å². The number of alkyl halides is 1. The number of hydrogen-bond acceptors (Lipinski definition) is 1. The van der Waals surface area contributed by atoms with E-state index in [1.165, 1.54) is 12.1 Å². The largest absolute Gasteiger partial charge is 0.345 e. The van der Waals surface area contributed by atoms with Crippen LogP contribution in [0.3, 0.4) is 0 Å². The van der Waals surface area contributed by atoms with E-state index in [1.807, 2.05) is 59.3 Å². The first-order valence-corrected chi connectivity index (χ1v) is 9.32. The number of benzene rings is 2. The highest BCUT2D eigenvalue weighted by molar-refractivity contribution is 6.30. The van der Waals surface area contributed by atoms with Crippen LogP contribution < -0.4 is 0 Å². The summed E-state index contributed by atoms with van der Waals surface area (Å²) >= 11 is 6.08. The first-order valence-electron chi connectivity index (χ1n) is 8.88. The van der Waals surface area contributed by atoms with Crippen molar-refractivity contribution in [2.45, 2.75) is 31.9 Å². The zero-order valence-corrected chi connectivity index (χ0v) is 15.9. The molecule has 0 bridgehead atoms. The van der Waals surface area contributed by atoms with E-state index < -0.39 is 5.38 Å². The SMILES string of the molecule is C[C@H](Cl)C(=O)N(Cc1ccccc1)Cc1cccn1Cc1cccc(F)c1. The van der Waals surface area contributed by atoms with E-state index in [2.05, 4.69) is 0 Å². The maximum Gasteiger partial charge on any atom is 0.240 e. The minimum absolute atomic E-state index is 0.112. The number of hydrogen-bond donors (Lipinski definition) is 0. The van der Waals surface area contributed by atoms with Crippen molar-refractivity contribution in [3.8, 4) is 0 Å². The highest BCUT2D eigenvalue weighted by Crippen LogP contribution is 2.16. The molecular formula is C22H22ClFN2O. The molecule has 2 aromatic carbocycles. The minimum Gasteiger partial charge on any atom is -0.345 e. The second-order valence-corrected chi connectivity index (χ2v) is 7.21. The number of carbonyl (C=O) groups is 1. The van der Waals surface area contributed by atoms with E-state index in [9.17, 15) is 9.18 Å². The van der Waals surface area contributed by atoms with Gasteiger partial charge in [-0.2, -0.15) is 0 Å². The summed E-state index contributed by atoms with van der Waals surface area (Å²) in [4.78, 5) is 14.4. The molecule has 1 aromatic heterocycles. The van der Waals surface area contributed by atoms with Crippen LogP contribution in [0.25, 0.3) is 0 Å². The van der Waals surface area contributed by atoms with E-state index >= 15 is 0 Å². The van der Waals surface area contributed by atoms with Gasteiger partial charge in [0.25, 0.3) is 0 Å². The van der Waals surface area contributed by atoms with Crippen LogP contribution in [-0.2, 0) is 24.4 Å². The van der Waals surface area contributed by atoms with E-state index in [0.717, 1.165) is 16.8 Å². The van der Waals surface area contributed by atoms with Crippen molar-refractivity contribution in [2.24, 2.45) is 0 Å². The Morgan fingerprint density at radius 3 is 2.48 bits per heavy atom. The van der Waals surface area contributed by atoms with Crippen molar-refractivity contribution in [3.63, 3.8) is 0 Å². The van der Waals surface area contributed by atoms with Crippen LogP contribution in [0.2, 0.25) is 0 Å². The molecule has 0 aliphatic heterocycles. The molecule has 140 valence electrons. The lowest BCUT2D eigenvalue weighted by Gasteiger charge is -2.25. The summed E-state index contributed by atoms with van der Waals surface area (Å²) in [7, 11) is 0. The van der Waals surface area contributed by atoms with Gasteiger partial charge in [0.1, 0.15) is 11.2 Å². The second kappa shape index (κ2) is 8.87. The number of carbonyl (C=O) groups excluding carboxylic acids is 1. The molecule has 0 spiro atoms. The quantitative estimate of drug-likeness (QED) is 0.535. The number of amides is 1. The number of rotatable bonds is 7. The fraction of sp³-hybridized carbons (Fsp3) is 0.227. The molecule has 0 saturated heterocycles. The van der Waals surface area contributed by atoms with Crippen LogP contribution in [0.15, 0.2) is 72.9 Å². The number of aromatic nitrogens is 1. The van der Waals surface area contributed by atoms with Crippen LogP contribution in [0.1, 0.15) is 23.7 Å². The zero-order valence-electron chi connectivity index (χ0n) is 15.2. The Hall–Kier alpha value is -2.59. The van der Waals surface area contributed by atoms with Gasteiger partial charge in [-0.3, -0.25) is 4.79 Å². The van der Waals surface area contributed by atoms with Gasteiger partial charge < -0.3 is 9.47 Å². The number of nitrogens with zero attached hydrogens (tertiary/aromatic N) is 2. The van der Waals surface area contributed by atoms with Gasteiger partial charge in [-0.1, -0.05) is 42.5 Å². The Balaban J connectivity index is 1.80. The van der Waals surface area contributed by atoms with Crippen LogP contribution in [0, 0.1) is 5.82 Å². The topological polar surface area (TPSA) is 25.2 Å². The monoisotopic (exact) mass is 384 g/mol. The highest BCUT2D eigenvalue weighted by Gasteiger charge is 2.20. The maximum atomic E-state index is 13.5. The average Bonchev–Trinajstić information content (AvgIpc) is 3.08. The average molecular weight is 385 g/mol. The third kappa shape index (κ3) is 5.20. The zero-order chi connectivity index (χ0) is 19.2. The molecule has 1 amide bonds. The Morgan fingerprint density at radius 2 is 1.78 bits per heavy atom. The van der Waals surface area contributed by atoms with Gasteiger partial charge in [0.15, 0.2) is 0 Å². The molecule has 1 atom stereocenters. The Bertz CT molecular complexity index is 892. The van der Waals surface area contributed by atoms with Crippen molar-refractivity contribution >= 4 is 17.5 Å². The molecule has 3 nitrogen and oxygen atoms in total. The standard InChI is InChI=1S/C22H22ClFN2O/c1-17(23)22(27)26(14-18-7-3-2-4-8-18)16-21-11-6-12-25(21)15-19-9-5-10-20(24)13-19/h2-13,17H,14-16H2,1H3/t17-/m0/s1. The minimum atomic E-state index is -0.597. The maximum absolute atomic E-state index is 13.5. The third-order valence-corrected chi connectivity index (χ3v) is 4.57. The van der Waals surface area contributed by atoms with E-state index in [0.29, 0.717) is 19.6 Å². The molecule has 0 saturated carbocycles. The lowest BCUT2D eigenvalue weighted by atomic mass is 10.2. The van der Waals surface area contributed by atoms with Gasteiger partial charge in [-0.25, -0.2) is 4.39 Å². The van der Waals surface area contributed by atoms with Crippen molar-refractivity contribution < 1.29 is 9.18 Å². The molecule has 3 aromatic rings. The summed E-state index contributed by atoms with van der Waals surface area (Å²) in [6.07, 6.45) is 1.94. The smallest absolute Gasteiger partial charge is 0.240 e. The van der Waals surface area contributed by atoms with Gasteiger partial charge in [-0.05, 0) is 42.3 Å². The summed E-state index contributed by atoms with van der Waals surface area (Å²) in [6, 6.07) is 20.3. The first kappa shape index (κ1) is 19.2. The summed E-state index contributed by atoms with van der Waals surface area (Å²) < 4.78 is 15.5. The lowest BCUT2D eigenvalue weighted by molar-refractivity contribution is -0.131. The Kier molecular flexibility index (Phi) is 6.30. The fourth-order valence-electron chi connectivity index (χ4n) is 3.04. The highest BCUT2D eigenvalue weighted by atomic mass is 35.5. The van der Waals surface area contributed by atoms with Crippen LogP contribution in [0.5, 0.6) is 0 Å². The van der Waals surface area contributed by atoms with Crippen LogP contribution >= 0.6 is 11.6 Å². The van der Waals surface area contributed by atoms with Gasteiger partial charge >= 0.3 is 0 Å². The van der Waals surface area contributed by atoms with E-state index in [4.69, 9.17) is 11.6 Å². The third-order valence-electron chi connectivity index (χ3n) is 4.39. The summed E-state index contributed by atoms with van der Waals surface area (Å²) in [5, 5.41) is -0.597. The lowest BCUT2D eigenvalue weighted by Crippen LogP contribution is -2.35. The normalized spacial score (nSPS) is 12.0. The van der Waals surface area contributed by atoms with Crippen LogP contribution in [0.4, 0.5) is 4.39 Å². The summed E-state index contributed by atoms with van der Waals surface area (Å²) in [5.74, 6) is -0.364. The first-order chi connectivity index (χ1) is 13.0. The Morgan fingerprint density at radius 1 is 1.04 bits per heavy atom. The molecule has 1 heterocycles. The summed E-state index contributed by atoms with van der Waals surface area (Å²) in [5.41, 5.74) is 2.89. The number of halogens is 2. The molecule has 0 aliphatic carbocycles. The molecule has 5 heteroatoms. The molecule has 0 fully saturated rings. The van der Waals surface area contributed by atoms with E-state index in [-0.39, 0.29) is 11.7 Å². The van der Waals surface area contributed by atoms with E-state index in [1.54, 1.807) is 17.9 Å². The molecule has 0 radical (unpaired) electrons. The predicted octanol–water partition coefficient (Wildman–Crippen LogP) is 4.83. The Labute approximate surface area is 164 Å². The fourth-order valence-corrected chi connectivity index (χ4v) is 3.18. The second-order valence-electron chi connectivity index (χ2n) is 6.55.